The third kappa shape index (κ3) is 4.42. The third-order valence-electron chi connectivity index (χ3n) is 4.43. The standard InChI is InChI=1S/C18H19BN2O4.W/c1-19(25)21-11-14-9-15(8-7-13(14)10-16(21)18(23)24)20-17(22)12-5-3-2-4-6-12;/h2-9,16,25H,10-11H2,1H3,(H,20,22)(H,23,24);. The summed E-state index contributed by atoms with van der Waals surface area (Å²) in [6, 6.07) is 13.6. The SMILES string of the molecule is CB(O)N1Cc2cc(NC(=O)c3ccccc3)ccc2CC1C(=O)O.[W]. The molecule has 134 valence electrons. The number of carboxylic acid groups (broad SMARTS) is 1. The van der Waals surface area contributed by atoms with Gasteiger partial charge in [0.05, 0.1) is 0 Å². The van der Waals surface area contributed by atoms with Gasteiger partial charge < -0.3 is 20.3 Å². The van der Waals surface area contributed by atoms with Gasteiger partial charge in [0, 0.05) is 38.9 Å². The Morgan fingerprint density at radius 2 is 1.85 bits per heavy atom. The molecule has 3 rings (SSSR count). The summed E-state index contributed by atoms with van der Waals surface area (Å²) in [7, 11) is -0.864. The number of anilines is 1. The fourth-order valence-electron chi connectivity index (χ4n) is 3.10. The number of nitrogens with one attached hydrogen (secondary N) is 1. The number of carboxylic acids is 1. The quantitative estimate of drug-likeness (QED) is 0.534. The Morgan fingerprint density at radius 1 is 1.15 bits per heavy atom. The van der Waals surface area contributed by atoms with Gasteiger partial charge in [-0.15, -0.1) is 0 Å². The fraction of sp³-hybridized carbons (Fsp3) is 0.222. The van der Waals surface area contributed by atoms with Crippen LogP contribution in [0.5, 0.6) is 0 Å². The topological polar surface area (TPSA) is 89.9 Å². The molecule has 1 unspecified atom stereocenters. The number of amides is 1. The van der Waals surface area contributed by atoms with Gasteiger partial charge in [-0.05, 0) is 48.6 Å². The molecule has 6 nitrogen and oxygen atoms in total. The van der Waals surface area contributed by atoms with Crippen molar-refractivity contribution in [1.82, 2.24) is 4.81 Å². The first-order valence-electron chi connectivity index (χ1n) is 8.10. The van der Waals surface area contributed by atoms with Crippen molar-refractivity contribution in [3.8, 4) is 0 Å². The normalized spacial score (nSPS) is 16.2. The molecule has 1 aliphatic heterocycles. The summed E-state index contributed by atoms with van der Waals surface area (Å²) >= 11 is 0. The molecular formula is C18H19BN2O4W. The van der Waals surface area contributed by atoms with E-state index >= 15 is 0 Å². The van der Waals surface area contributed by atoms with E-state index < -0.39 is 19.1 Å². The molecule has 2 aromatic carbocycles. The predicted octanol–water partition coefficient (Wildman–Crippen LogP) is 1.86. The Labute approximate surface area is 166 Å². The average Bonchev–Trinajstić information content (AvgIpc) is 2.61. The summed E-state index contributed by atoms with van der Waals surface area (Å²) in [6.45, 7) is 1.88. The Morgan fingerprint density at radius 3 is 2.46 bits per heavy atom. The number of nitrogens with zero attached hydrogens (tertiary/aromatic N) is 1. The number of aliphatic carboxylic acids is 1. The van der Waals surface area contributed by atoms with Crippen molar-refractivity contribution in [1.29, 1.82) is 0 Å². The minimum Gasteiger partial charge on any atom is -0.480 e. The van der Waals surface area contributed by atoms with Crippen molar-refractivity contribution in [2.75, 3.05) is 5.32 Å². The first kappa shape index (κ1) is 20.4. The summed E-state index contributed by atoms with van der Waals surface area (Å²) in [5.74, 6) is -1.15. The van der Waals surface area contributed by atoms with Crippen LogP contribution in [-0.4, -0.2) is 39.9 Å². The number of carbonyl (C=O) groups is 2. The van der Waals surface area contributed by atoms with Gasteiger partial charge in [-0.1, -0.05) is 24.3 Å². The largest absolute Gasteiger partial charge is 0.480 e. The van der Waals surface area contributed by atoms with E-state index in [2.05, 4.69) is 5.32 Å². The Hall–Kier alpha value is -1.95. The molecule has 2 aromatic rings. The molecule has 0 saturated carbocycles. The third-order valence-corrected chi connectivity index (χ3v) is 4.43. The maximum Gasteiger partial charge on any atom is 0.377 e. The van der Waals surface area contributed by atoms with E-state index in [4.69, 9.17) is 0 Å². The first-order valence-corrected chi connectivity index (χ1v) is 8.10. The molecule has 1 aliphatic rings. The van der Waals surface area contributed by atoms with E-state index in [1.54, 1.807) is 37.2 Å². The summed E-state index contributed by atoms with van der Waals surface area (Å²) in [6.07, 6.45) is 0.322. The molecular weight excluding hydrogens is 503 g/mol. The van der Waals surface area contributed by atoms with E-state index in [0.29, 0.717) is 24.2 Å². The van der Waals surface area contributed by atoms with E-state index in [9.17, 15) is 19.7 Å². The molecule has 3 N–H and O–H groups in total. The van der Waals surface area contributed by atoms with Crippen LogP contribution in [0.1, 0.15) is 21.5 Å². The smallest absolute Gasteiger partial charge is 0.377 e. The Kier molecular flexibility index (Phi) is 6.76. The number of hydrogen-bond acceptors (Lipinski definition) is 4. The zero-order valence-corrected chi connectivity index (χ0v) is 17.2. The van der Waals surface area contributed by atoms with E-state index in [0.717, 1.165) is 11.1 Å². The van der Waals surface area contributed by atoms with Crippen molar-refractivity contribution >= 4 is 24.6 Å². The summed E-state index contributed by atoms with van der Waals surface area (Å²) < 4.78 is 0. The molecule has 0 spiro atoms. The van der Waals surface area contributed by atoms with Crippen LogP contribution < -0.4 is 5.32 Å². The van der Waals surface area contributed by atoms with Crippen LogP contribution >= 0.6 is 0 Å². The fourth-order valence-corrected chi connectivity index (χ4v) is 3.10. The maximum absolute atomic E-state index is 12.3. The van der Waals surface area contributed by atoms with Crippen molar-refractivity contribution in [2.24, 2.45) is 0 Å². The van der Waals surface area contributed by atoms with Crippen molar-refractivity contribution in [2.45, 2.75) is 25.8 Å². The van der Waals surface area contributed by atoms with E-state index in [-0.39, 0.29) is 27.0 Å². The van der Waals surface area contributed by atoms with Crippen molar-refractivity contribution in [3.63, 3.8) is 0 Å². The van der Waals surface area contributed by atoms with Gasteiger partial charge in [-0.3, -0.25) is 9.59 Å². The van der Waals surface area contributed by atoms with Gasteiger partial charge in [-0.25, -0.2) is 0 Å². The Balaban J connectivity index is 0.00000243. The molecule has 0 fully saturated rings. The minimum atomic E-state index is -0.951. The summed E-state index contributed by atoms with van der Waals surface area (Å²) in [4.78, 5) is 25.2. The Bertz CT molecular complexity index is 801. The first-order chi connectivity index (χ1) is 12.0. The maximum atomic E-state index is 12.3. The van der Waals surface area contributed by atoms with Gasteiger partial charge in [0.15, 0.2) is 0 Å². The molecule has 1 amide bonds. The zero-order valence-electron chi connectivity index (χ0n) is 14.3. The second-order valence-corrected chi connectivity index (χ2v) is 6.17. The molecule has 0 radical (unpaired) electrons. The molecule has 1 atom stereocenters. The summed E-state index contributed by atoms with van der Waals surface area (Å²) in [5, 5.41) is 22.1. The van der Waals surface area contributed by atoms with Gasteiger partial charge in [0.25, 0.3) is 5.91 Å². The van der Waals surface area contributed by atoms with Crippen LogP contribution in [0.2, 0.25) is 6.82 Å². The molecule has 0 bridgehead atoms. The zero-order chi connectivity index (χ0) is 18.0. The second kappa shape index (κ2) is 8.63. The van der Waals surface area contributed by atoms with Crippen LogP contribution in [-0.2, 0) is 38.8 Å². The van der Waals surface area contributed by atoms with Crippen LogP contribution in [0.3, 0.4) is 0 Å². The number of benzene rings is 2. The number of carbonyl (C=O) groups excluding carboxylic acids is 1. The number of hydrogen-bond donors (Lipinski definition) is 3. The summed E-state index contributed by atoms with van der Waals surface area (Å²) in [5.41, 5.74) is 3.04. The molecule has 0 aliphatic carbocycles. The van der Waals surface area contributed by atoms with E-state index in [1.165, 1.54) is 4.81 Å². The van der Waals surface area contributed by atoms with Crippen molar-refractivity contribution < 1.29 is 40.8 Å². The molecule has 0 saturated heterocycles. The predicted molar refractivity (Wildman–Crippen MR) is 95.3 cm³/mol. The number of fused-ring (bicyclic) bond motifs is 1. The monoisotopic (exact) mass is 522 g/mol. The average molecular weight is 522 g/mol. The van der Waals surface area contributed by atoms with Gasteiger partial charge >= 0.3 is 13.0 Å². The van der Waals surface area contributed by atoms with Gasteiger partial charge in [0.1, 0.15) is 6.04 Å². The molecule has 1 heterocycles. The minimum absolute atomic E-state index is 0. The number of rotatable bonds is 4. The molecule has 26 heavy (non-hydrogen) atoms. The molecule has 8 heteroatoms. The van der Waals surface area contributed by atoms with Crippen LogP contribution in [0, 0.1) is 0 Å². The van der Waals surface area contributed by atoms with Crippen molar-refractivity contribution in [3.05, 3.63) is 65.2 Å². The van der Waals surface area contributed by atoms with Crippen LogP contribution in [0.4, 0.5) is 5.69 Å². The van der Waals surface area contributed by atoms with E-state index in [1.807, 2.05) is 18.2 Å². The molecule has 0 aromatic heterocycles. The van der Waals surface area contributed by atoms with Gasteiger partial charge in [0.2, 0.25) is 0 Å². The van der Waals surface area contributed by atoms with Gasteiger partial charge in [-0.2, -0.15) is 0 Å². The van der Waals surface area contributed by atoms with Crippen LogP contribution in [0.25, 0.3) is 0 Å². The second-order valence-electron chi connectivity index (χ2n) is 6.17. The van der Waals surface area contributed by atoms with Crippen LogP contribution in [0.15, 0.2) is 48.5 Å².